The number of anilines is 1. The maximum atomic E-state index is 12.4. The van der Waals surface area contributed by atoms with E-state index < -0.39 is 11.5 Å². The van der Waals surface area contributed by atoms with Gasteiger partial charge in [-0.3, -0.25) is 9.59 Å². The minimum absolute atomic E-state index is 0.0608. The quantitative estimate of drug-likeness (QED) is 0.456. The monoisotopic (exact) mass is 423 g/mol. The number of rotatable bonds is 7. The lowest BCUT2D eigenvalue weighted by atomic mass is 10.1. The van der Waals surface area contributed by atoms with E-state index in [1.54, 1.807) is 24.3 Å². The van der Waals surface area contributed by atoms with Gasteiger partial charge in [0.2, 0.25) is 6.79 Å². The van der Waals surface area contributed by atoms with Crippen LogP contribution in [0, 0.1) is 0 Å². The highest BCUT2D eigenvalue weighted by Gasteiger charge is 2.20. The van der Waals surface area contributed by atoms with Crippen molar-refractivity contribution in [1.29, 1.82) is 0 Å². The molecular formula is C23H21NO7. The topological polar surface area (TPSA) is 104 Å². The maximum absolute atomic E-state index is 12.4. The van der Waals surface area contributed by atoms with Gasteiger partial charge in [-0.1, -0.05) is 13.3 Å². The van der Waals surface area contributed by atoms with Crippen molar-refractivity contribution in [2.24, 2.45) is 0 Å². The Morgan fingerprint density at radius 3 is 2.61 bits per heavy atom. The molecule has 160 valence electrons. The Morgan fingerprint density at radius 1 is 1.10 bits per heavy atom. The fourth-order valence-corrected chi connectivity index (χ4v) is 3.45. The highest BCUT2D eigenvalue weighted by atomic mass is 16.7. The van der Waals surface area contributed by atoms with Gasteiger partial charge >= 0.3 is 5.63 Å². The summed E-state index contributed by atoms with van der Waals surface area (Å²) < 4.78 is 21.4. The molecule has 1 aliphatic rings. The van der Waals surface area contributed by atoms with Gasteiger partial charge in [-0.25, -0.2) is 4.79 Å². The molecule has 0 atom stereocenters. The smallest absolute Gasteiger partial charge is 0.336 e. The minimum atomic E-state index is -0.456. The van der Waals surface area contributed by atoms with Crippen LogP contribution in [0.4, 0.5) is 5.69 Å². The Balaban J connectivity index is 1.49. The molecular weight excluding hydrogens is 402 g/mol. The molecule has 2 aromatic carbocycles. The summed E-state index contributed by atoms with van der Waals surface area (Å²) in [6, 6.07) is 9.71. The molecule has 2 heterocycles. The van der Waals surface area contributed by atoms with Crippen molar-refractivity contribution in [2.45, 2.75) is 26.7 Å². The number of ketones is 1. The van der Waals surface area contributed by atoms with E-state index in [1.165, 1.54) is 13.0 Å². The van der Waals surface area contributed by atoms with E-state index >= 15 is 0 Å². The minimum Gasteiger partial charge on any atom is -0.484 e. The number of ether oxygens (including phenoxy) is 3. The molecule has 1 amide bonds. The van der Waals surface area contributed by atoms with Crippen LogP contribution in [0.2, 0.25) is 0 Å². The average Bonchev–Trinajstić information content (AvgIpc) is 3.19. The van der Waals surface area contributed by atoms with Gasteiger partial charge in [-0.2, -0.15) is 0 Å². The summed E-state index contributed by atoms with van der Waals surface area (Å²) in [6.07, 6.45) is 1.66. The second-order valence-electron chi connectivity index (χ2n) is 7.14. The zero-order chi connectivity index (χ0) is 22.0. The molecule has 0 unspecified atom stereocenters. The van der Waals surface area contributed by atoms with Crippen LogP contribution in [0.1, 0.15) is 36.2 Å². The summed E-state index contributed by atoms with van der Waals surface area (Å²) >= 11 is 0. The number of hydrogen-bond donors (Lipinski definition) is 1. The molecule has 8 nitrogen and oxygen atoms in total. The van der Waals surface area contributed by atoms with Gasteiger partial charge in [-0.05, 0) is 37.1 Å². The molecule has 1 N–H and O–H groups in total. The van der Waals surface area contributed by atoms with Gasteiger partial charge in [-0.15, -0.1) is 0 Å². The third kappa shape index (κ3) is 4.37. The number of carbonyl (C=O) groups excluding carboxylic acids is 2. The first kappa shape index (κ1) is 20.5. The van der Waals surface area contributed by atoms with Gasteiger partial charge in [0.15, 0.2) is 23.9 Å². The third-order valence-electron chi connectivity index (χ3n) is 4.86. The molecule has 1 aliphatic heterocycles. The summed E-state index contributed by atoms with van der Waals surface area (Å²) in [7, 11) is 0. The van der Waals surface area contributed by atoms with Crippen molar-refractivity contribution < 1.29 is 28.2 Å². The van der Waals surface area contributed by atoms with Gasteiger partial charge in [0.05, 0.1) is 5.69 Å². The lowest BCUT2D eigenvalue weighted by Gasteiger charge is -2.12. The second kappa shape index (κ2) is 8.51. The summed E-state index contributed by atoms with van der Waals surface area (Å²) in [5.41, 5.74) is 1.53. The number of amides is 1. The third-order valence-corrected chi connectivity index (χ3v) is 4.86. The van der Waals surface area contributed by atoms with E-state index in [9.17, 15) is 14.4 Å². The molecule has 0 saturated heterocycles. The highest BCUT2D eigenvalue weighted by molar-refractivity contribution is 6.04. The molecule has 4 rings (SSSR count). The van der Waals surface area contributed by atoms with Crippen LogP contribution in [0.15, 0.2) is 45.6 Å². The van der Waals surface area contributed by atoms with E-state index in [1.807, 2.05) is 13.0 Å². The maximum Gasteiger partial charge on any atom is 0.336 e. The van der Waals surface area contributed by atoms with Gasteiger partial charge in [0.1, 0.15) is 11.3 Å². The van der Waals surface area contributed by atoms with Crippen molar-refractivity contribution in [3.05, 3.63) is 57.9 Å². The fraction of sp³-hybridized carbons (Fsp3) is 0.261. The van der Waals surface area contributed by atoms with Gasteiger partial charge in [0, 0.05) is 29.1 Å². The largest absolute Gasteiger partial charge is 0.484 e. The molecule has 31 heavy (non-hydrogen) atoms. The normalized spacial score (nSPS) is 12.1. The number of benzene rings is 2. The van der Waals surface area contributed by atoms with Crippen molar-refractivity contribution in [3.63, 3.8) is 0 Å². The molecule has 0 aliphatic carbocycles. The first-order valence-corrected chi connectivity index (χ1v) is 9.88. The van der Waals surface area contributed by atoms with E-state index in [0.29, 0.717) is 34.1 Å². The number of aryl methyl sites for hydroxylation is 1. The lowest BCUT2D eigenvalue weighted by molar-refractivity contribution is -0.118. The number of Topliss-reactive ketones (excluding diaryl/α,β-unsaturated/α-hetero) is 1. The summed E-state index contributed by atoms with van der Waals surface area (Å²) in [5.74, 6) is 0.620. The second-order valence-corrected chi connectivity index (χ2v) is 7.14. The Morgan fingerprint density at radius 2 is 1.87 bits per heavy atom. The molecule has 1 aromatic heterocycles. The van der Waals surface area contributed by atoms with Crippen LogP contribution in [0.5, 0.6) is 17.2 Å². The number of carbonyl (C=O) groups is 2. The van der Waals surface area contributed by atoms with Crippen molar-refractivity contribution in [1.82, 2.24) is 0 Å². The molecule has 3 aromatic rings. The summed E-state index contributed by atoms with van der Waals surface area (Å²) in [4.78, 5) is 36.2. The molecule has 0 fully saturated rings. The van der Waals surface area contributed by atoms with E-state index in [2.05, 4.69) is 5.32 Å². The van der Waals surface area contributed by atoms with Gasteiger partial charge in [0.25, 0.3) is 5.91 Å². The van der Waals surface area contributed by atoms with Crippen LogP contribution in [0.3, 0.4) is 0 Å². The number of nitrogens with one attached hydrogen (secondary N) is 1. The lowest BCUT2D eigenvalue weighted by Crippen LogP contribution is -2.21. The standard InChI is InChI=1S/C23H21NO7/c1-3-4-14-7-23(27)31-19-8-15(5-6-16(14)19)28-11-22(26)24-18-10-21-20(29-12-30-21)9-17(18)13(2)25/h5-10H,3-4,11-12H2,1-2H3,(H,24,26). The van der Waals surface area contributed by atoms with E-state index in [-0.39, 0.29) is 19.2 Å². The van der Waals surface area contributed by atoms with Crippen LogP contribution in [0.25, 0.3) is 11.0 Å². The fourth-order valence-electron chi connectivity index (χ4n) is 3.45. The van der Waals surface area contributed by atoms with Crippen molar-refractivity contribution >= 4 is 28.3 Å². The zero-order valence-electron chi connectivity index (χ0n) is 17.2. The van der Waals surface area contributed by atoms with Crippen molar-refractivity contribution in [2.75, 3.05) is 18.7 Å². The number of hydrogen-bond acceptors (Lipinski definition) is 7. The summed E-state index contributed by atoms with van der Waals surface area (Å²) in [6.45, 7) is 3.20. The summed E-state index contributed by atoms with van der Waals surface area (Å²) in [5, 5.41) is 3.51. The Hall–Kier alpha value is -3.81. The van der Waals surface area contributed by atoms with E-state index in [4.69, 9.17) is 18.6 Å². The molecule has 0 bridgehead atoms. The van der Waals surface area contributed by atoms with Crippen LogP contribution < -0.4 is 25.2 Å². The van der Waals surface area contributed by atoms with Gasteiger partial charge < -0.3 is 23.9 Å². The number of fused-ring (bicyclic) bond motifs is 2. The Kier molecular flexibility index (Phi) is 5.62. The highest BCUT2D eigenvalue weighted by Crippen LogP contribution is 2.37. The van der Waals surface area contributed by atoms with E-state index in [0.717, 1.165) is 23.8 Å². The Bertz CT molecular complexity index is 1230. The first-order valence-electron chi connectivity index (χ1n) is 9.88. The van der Waals surface area contributed by atoms with Crippen LogP contribution >= 0.6 is 0 Å². The molecule has 0 radical (unpaired) electrons. The SMILES string of the molecule is CCCc1cc(=O)oc2cc(OCC(=O)Nc3cc4c(cc3C(C)=O)OCO4)ccc12. The molecule has 0 spiro atoms. The average molecular weight is 423 g/mol. The molecule has 8 heteroatoms. The predicted molar refractivity (Wildman–Crippen MR) is 113 cm³/mol. The Labute approximate surface area is 177 Å². The van der Waals surface area contributed by atoms with Crippen LogP contribution in [-0.2, 0) is 11.2 Å². The molecule has 0 saturated carbocycles. The first-order chi connectivity index (χ1) is 14.9. The predicted octanol–water partition coefficient (Wildman–Crippen LogP) is 3.69. The zero-order valence-corrected chi connectivity index (χ0v) is 17.2. The van der Waals surface area contributed by atoms with Crippen molar-refractivity contribution in [3.8, 4) is 17.2 Å². The van der Waals surface area contributed by atoms with Crippen LogP contribution in [-0.4, -0.2) is 25.1 Å².